The number of rotatable bonds is 3. The lowest BCUT2D eigenvalue weighted by Gasteiger charge is -2.17. The van der Waals surface area contributed by atoms with E-state index in [1.807, 2.05) is 61.1 Å². The first-order valence-corrected chi connectivity index (χ1v) is 9.45. The number of benzene rings is 1. The number of hydrogen-bond acceptors (Lipinski definition) is 4. The maximum absolute atomic E-state index is 11.5. The molecule has 0 aliphatic carbocycles. The Balaban J connectivity index is 1.80. The molecule has 3 aromatic heterocycles. The molecule has 0 spiro atoms. The summed E-state index contributed by atoms with van der Waals surface area (Å²) in [5.41, 5.74) is 7.61. The van der Waals surface area contributed by atoms with Crippen molar-refractivity contribution in [3.8, 4) is 28.3 Å². The van der Waals surface area contributed by atoms with E-state index < -0.39 is 5.97 Å². The van der Waals surface area contributed by atoms with Crippen molar-refractivity contribution in [3.05, 3.63) is 71.2 Å². The molecule has 144 valence electrons. The Bertz CT molecular complexity index is 1250. The highest BCUT2D eigenvalue weighted by molar-refractivity contribution is 5.87. The van der Waals surface area contributed by atoms with Crippen LogP contribution in [0.4, 0.5) is 0 Å². The van der Waals surface area contributed by atoms with Gasteiger partial charge in [-0.15, -0.1) is 0 Å². The molecule has 0 amide bonds. The second-order valence-electron chi connectivity index (χ2n) is 7.26. The van der Waals surface area contributed by atoms with Crippen LogP contribution in [0.1, 0.15) is 27.3 Å². The molecule has 0 saturated heterocycles. The topological polar surface area (TPSA) is 85.8 Å². The average molecular weight is 385 g/mol. The molecule has 0 bridgehead atoms. The fourth-order valence-corrected chi connectivity index (χ4v) is 3.87. The molecule has 0 unspecified atom stereocenters. The van der Waals surface area contributed by atoms with E-state index in [4.69, 9.17) is 5.10 Å². The molecule has 0 fully saturated rings. The highest BCUT2D eigenvalue weighted by atomic mass is 16.4. The van der Waals surface area contributed by atoms with Crippen molar-refractivity contribution in [2.24, 2.45) is 0 Å². The lowest BCUT2D eigenvalue weighted by molar-refractivity contribution is 0.0689. The van der Waals surface area contributed by atoms with Gasteiger partial charge in [0, 0.05) is 35.6 Å². The summed E-state index contributed by atoms with van der Waals surface area (Å²) in [5, 5.41) is 18.6. The van der Waals surface area contributed by atoms with Crippen LogP contribution in [-0.2, 0) is 13.0 Å². The van der Waals surface area contributed by atoms with Gasteiger partial charge in [0.05, 0.1) is 22.8 Å². The summed E-state index contributed by atoms with van der Waals surface area (Å²) in [4.78, 5) is 15.9. The van der Waals surface area contributed by atoms with Crippen LogP contribution in [0.2, 0.25) is 0 Å². The van der Waals surface area contributed by atoms with Crippen molar-refractivity contribution < 1.29 is 9.90 Å². The maximum Gasteiger partial charge on any atom is 0.356 e. The highest BCUT2D eigenvalue weighted by Crippen LogP contribution is 2.38. The molecule has 7 heteroatoms. The van der Waals surface area contributed by atoms with E-state index in [9.17, 15) is 9.90 Å². The van der Waals surface area contributed by atoms with Crippen LogP contribution in [0, 0.1) is 13.8 Å². The number of fused-ring (bicyclic) bond motifs is 3. The van der Waals surface area contributed by atoms with Crippen LogP contribution < -0.4 is 0 Å². The van der Waals surface area contributed by atoms with Crippen LogP contribution in [0.25, 0.3) is 28.3 Å². The summed E-state index contributed by atoms with van der Waals surface area (Å²) in [6.45, 7) is 4.61. The van der Waals surface area contributed by atoms with Gasteiger partial charge >= 0.3 is 5.97 Å². The van der Waals surface area contributed by atoms with Crippen molar-refractivity contribution in [1.82, 2.24) is 24.5 Å². The predicted octanol–water partition coefficient (Wildman–Crippen LogP) is 3.67. The van der Waals surface area contributed by atoms with Crippen molar-refractivity contribution in [2.45, 2.75) is 26.8 Å². The van der Waals surface area contributed by atoms with Crippen molar-refractivity contribution >= 4 is 5.97 Å². The van der Waals surface area contributed by atoms with Gasteiger partial charge in [0.1, 0.15) is 0 Å². The lowest BCUT2D eigenvalue weighted by Crippen LogP contribution is -2.14. The quantitative estimate of drug-likeness (QED) is 0.582. The summed E-state index contributed by atoms with van der Waals surface area (Å²) in [6, 6.07) is 13.7. The molecule has 0 atom stereocenters. The molecule has 0 saturated carbocycles. The molecular weight excluding hydrogens is 366 g/mol. The molecule has 1 N–H and O–H groups in total. The summed E-state index contributed by atoms with van der Waals surface area (Å²) in [7, 11) is 0. The molecule has 1 aromatic carbocycles. The fourth-order valence-electron chi connectivity index (χ4n) is 3.87. The zero-order chi connectivity index (χ0) is 20.1. The van der Waals surface area contributed by atoms with E-state index in [2.05, 4.69) is 10.1 Å². The Hall–Kier alpha value is -3.74. The average Bonchev–Trinajstić information content (AvgIpc) is 3.30. The van der Waals surface area contributed by atoms with Crippen LogP contribution >= 0.6 is 0 Å². The Kier molecular flexibility index (Phi) is 3.84. The Morgan fingerprint density at radius 3 is 2.66 bits per heavy atom. The standard InChI is InChI=1S/C22H19N5O2/c1-13-5-3-4-6-18(13)27-21-16(20(25-27)15-8-7-14(2)23-12-15)9-10-26-19(21)11-17(24-26)22(28)29/h3-8,11-12H,9-10H2,1-2H3,(H,28,29). The van der Waals surface area contributed by atoms with Gasteiger partial charge in [-0.2, -0.15) is 10.2 Å². The normalized spacial score (nSPS) is 12.5. The molecule has 1 aliphatic rings. The number of aryl methyl sites for hydroxylation is 3. The summed E-state index contributed by atoms with van der Waals surface area (Å²) >= 11 is 0. The molecule has 29 heavy (non-hydrogen) atoms. The highest BCUT2D eigenvalue weighted by Gasteiger charge is 2.29. The zero-order valence-electron chi connectivity index (χ0n) is 16.1. The zero-order valence-corrected chi connectivity index (χ0v) is 16.1. The minimum Gasteiger partial charge on any atom is -0.476 e. The Morgan fingerprint density at radius 1 is 1.10 bits per heavy atom. The summed E-state index contributed by atoms with van der Waals surface area (Å²) < 4.78 is 3.68. The van der Waals surface area contributed by atoms with Gasteiger partial charge in [0.25, 0.3) is 0 Å². The molecule has 4 heterocycles. The van der Waals surface area contributed by atoms with Gasteiger partial charge in [-0.25, -0.2) is 9.48 Å². The van der Waals surface area contributed by atoms with Crippen molar-refractivity contribution in [1.29, 1.82) is 0 Å². The second-order valence-corrected chi connectivity index (χ2v) is 7.26. The summed E-state index contributed by atoms with van der Waals surface area (Å²) in [6.07, 6.45) is 2.56. The Labute approximate surface area is 167 Å². The number of aromatic carboxylic acids is 1. The summed E-state index contributed by atoms with van der Waals surface area (Å²) in [5.74, 6) is -1.03. The molecule has 0 radical (unpaired) electrons. The number of pyridine rings is 1. The first kappa shape index (κ1) is 17.4. The minimum atomic E-state index is -1.03. The van der Waals surface area contributed by atoms with E-state index in [1.54, 1.807) is 10.7 Å². The fraction of sp³-hybridized carbons (Fsp3) is 0.182. The third-order valence-electron chi connectivity index (χ3n) is 5.33. The third kappa shape index (κ3) is 2.74. The number of aromatic nitrogens is 5. The maximum atomic E-state index is 11.5. The smallest absolute Gasteiger partial charge is 0.356 e. The van der Waals surface area contributed by atoms with Gasteiger partial charge in [-0.1, -0.05) is 18.2 Å². The SMILES string of the molecule is Cc1ccc(-c2nn(-c3ccccc3C)c3c2CCn2nc(C(=O)O)cc2-3)cn1. The van der Waals surface area contributed by atoms with Crippen LogP contribution in [0.5, 0.6) is 0 Å². The van der Waals surface area contributed by atoms with E-state index >= 15 is 0 Å². The monoisotopic (exact) mass is 385 g/mol. The molecule has 7 nitrogen and oxygen atoms in total. The number of para-hydroxylation sites is 1. The van der Waals surface area contributed by atoms with E-state index in [1.165, 1.54) is 0 Å². The van der Waals surface area contributed by atoms with Gasteiger partial charge < -0.3 is 5.11 Å². The molecular formula is C22H19N5O2. The van der Waals surface area contributed by atoms with E-state index in [0.29, 0.717) is 6.54 Å². The van der Waals surface area contributed by atoms with Crippen LogP contribution in [-0.4, -0.2) is 35.6 Å². The minimum absolute atomic E-state index is 0.0453. The second kappa shape index (κ2) is 6.41. The first-order chi connectivity index (χ1) is 14.0. The number of nitrogens with zero attached hydrogens (tertiary/aromatic N) is 5. The van der Waals surface area contributed by atoms with Crippen molar-refractivity contribution in [3.63, 3.8) is 0 Å². The number of carboxylic acid groups (broad SMARTS) is 1. The number of hydrogen-bond donors (Lipinski definition) is 1. The third-order valence-corrected chi connectivity index (χ3v) is 5.33. The van der Waals surface area contributed by atoms with Crippen molar-refractivity contribution in [2.75, 3.05) is 0 Å². The van der Waals surface area contributed by atoms with E-state index in [-0.39, 0.29) is 5.69 Å². The predicted molar refractivity (Wildman–Crippen MR) is 108 cm³/mol. The van der Waals surface area contributed by atoms with Crippen LogP contribution in [0.3, 0.4) is 0 Å². The van der Waals surface area contributed by atoms with Gasteiger partial charge in [0.15, 0.2) is 5.69 Å². The lowest BCUT2D eigenvalue weighted by atomic mass is 10.00. The molecule has 4 aromatic rings. The Morgan fingerprint density at radius 2 is 1.93 bits per heavy atom. The first-order valence-electron chi connectivity index (χ1n) is 9.45. The number of carboxylic acids is 1. The molecule has 5 rings (SSSR count). The van der Waals surface area contributed by atoms with Gasteiger partial charge in [0.2, 0.25) is 0 Å². The number of carbonyl (C=O) groups is 1. The molecule has 1 aliphatic heterocycles. The van der Waals surface area contributed by atoms with Crippen LogP contribution in [0.15, 0.2) is 48.7 Å². The van der Waals surface area contributed by atoms with Gasteiger partial charge in [-0.05, 0) is 44.0 Å². The largest absolute Gasteiger partial charge is 0.476 e. The van der Waals surface area contributed by atoms with Gasteiger partial charge in [-0.3, -0.25) is 9.67 Å². The van der Waals surface area contributed by atoms with E-state index in [0.717, 1.165) is 51.6 Å².